The fourth-order valence-corrected chi connectivity index (χ4v) is 5.80. The Balaban J connectivity index is 1.30. The molecule has 5 rings (SSSR count). The summed E-state index contributed by atoms with van der Waals surface area (Å²) in [5, 5.41) is 4.17. The first kappa shape index (κ1) is 23.6. The Morgan fingerprint density at radius 1 is 1.17 bits per heavy atom. The number of fused-ring (bicyclic) bond motifs is 2. The molecule has 1 fully saturated rings. The summed E-state index contributed by atoms with van der Waals surface area (Å²) in [5.74, 6) is 0.904. The van der Waals surface area contributed by atoms with Gasteiger partial charge >= 0.3 is 6.09 Å². The van der Waals surface area contributed by atoms with Crippen LogP contribution in [0.5, 0.6) is 5.75 Å². The van der Waals surface area contributed by atoms with E-state index in [2.05, 4.69) is 5.32 Å². The highest BCUT2D eigenvalue weighted by Gasteiger charge is 2.30. The summed E-state index contributed by atoms with van der Waals surface area (Å²) >= 11 is 1.61. The molecule has 0 spiro atoms. The summed E-state index contributed by atoms with van der Waals surface area (Å²) in [6.07, 6.45) is 2.37. The molecule has 1 saturated heterocycles. The number of carbonyl (C=O) groups excluding carboxylic acids is 2. The molecule has 3 aromatic rings. The molecule has 2 aliphatic heterocycles. The van der Waals surface area contributed by atoms with Crippen molar-refractivity contribution in [2.24, 2.45) is 0 Å². The third kappa shape index (κ3) is 5.27. The SMILES string of the molecule is CC(C)(C)OC(=O)N1CCCC(c2nc3ccc(C(=O)NC4CCOc5ccccc54)cc3s2)C1. The highest BCUT2D eigenvalue weighted by Crippen LogP contribution is 2.35. The largest absolute Gasteiger partial charge is 0.493 e. The van der Waals surface area contributed by atoms with Gasteiger partial charge in [0.05, 0.1) is 27.9 Å². The molecule has 0 bridgehead atoms. The lowest BCUT2D eigenvalue weighted by Crippen LogP contribution is -2.42. The molecule has 0 saturated carbocycles. The summed E-state index contributed by atoms with van der Waals surface area (Å²) in [7, 11) is 0. The highest BCUT2D eigenvalue weighted by atomic mass is 32.1. The number of nitrogens with one attached hydrogen (secondary N) is 1. The molecule has 2 unspecified atom stereocenters. The van der Waals surface area contributed by atoms with Gasteiger partial charge in [-0.2, -0.15) is 0 Å². The van der Waals surface area contributed by atoms with Crippen LogP contribution in [0, 0.1) is 0 Å². The summed E-state index contributed by atoms with van der Waals surface area (Å²) in [6.45, 7) is 7.54. The number of likely N-dealkylation sites (tertiary alicyclic amines) is 1. The van der Waals surface area contributed by atoms with E-state index in [-0.39, 0.29) is 24.0 Å². The van der Waals surface area contributed by atoms with E-state index in [1.54, 1.807) is 16.2 Å². The van der Waals surface area contributed by atoms with Gasteiger partial charge in [0.2, 0.25) is 0 Å². The third-order valence-electron chi connectivity index (χ3n) is 6.35. The van der Waals surface area contributed by atoms with Gasteiger partial charge in [0, 0.05) is 36.6 Å². The van der Waals surface area contributed by atoms with Crippen molar-refractivity contribution in [1.82, 2.24) is 15.2 Å². The van der Waals surface area contributed by atoms with E-state index in [0.717, 1.165) is 45.8 Å². The second-order valence-electron chi connectivity index (χ2n) is 10.2. The molecule has 0 aliphatic carbocycles. The van der Waals surface area contributed by atoms with Crippen molar-refractivity contribution in [3.63, 3.8) is 0 Å². The van der Waals surface area contributed by atoms with Gasteiger partial charge in [-0.25, -0.2) is 9.78 Å². The highest BCUT2D eigenvalue weighted by molar-refractivity contribution is 7.18. The van der Waals surface area contributed by atoms with Crippen LogP contribution in [-0.2, 0) is 4.74 Å². The van der Waals surface area contributed by atoms with E-state index in [1.165, 1.54) is 0 Å². The van der Waals surface area contributed by atoms with Crippen LogP contribution in [0.1, 0.15) is 72.9 Å². The first-order valence-corrected chi connectivity index (χ1v) is 13.0. The predicted molar refractivity (Wildman–Crippen MR) is 136 cm³/mol. The summed E-state index contributed by atoms with van der Waals surface area (Å²) < 4.78 is 12.3. The second-order valence-corrected chi connectivity index (χ2v) is 11.3. The molecule has 8 heteroatoms. The number of thiazole rings is 1. The van der Waals surface area contributed by atoms with Crippen molar-refractivity contribution >= 4 is 33.6 Å². The minimum Gasteiger partial charge on any atom is -0.493 e. The second kappa shape index (κ2) is 9.49. The van der Waals surface area contributed by atoms with Crippen LogP contribution in [-0.4, -0.2) is 47.2 Å². The summed E-state index contributed by atoms with van der Waals surface area (Å²) in [5.41, 5.74) is 2.01. The molecule has 2 aliphatic rings. The van der Waals surface area contributed by atoms with Gasteiger partial charge in [-0.05, 0) is 57.9 Å². The standard InChI is InChI=1S/C27H31N3O4S/c1-27(2,3)34-26(32)30-13-6-7-18(16-30)25-29-21-11-10-17(15-23(21)35-25)24(31)28-20-12-14-33-22-9-5-4-8-19(20)22/h4-5,8-11,15,18,20H,6-7,12-14,16H2,1-3H3,(H,28,31). The van der Waals surface area contributed by atoms with Crippen molar-refractivity contribution in [3.05, 3.63) is 58.6 Å². The van der Waals surface area contributed by atoms with Crippen LogP contribution in [0.25, 0.3) is 10.2 Å². The molecule has 184 valence electrons. The average Bonchev–Trinajstić information content (AvgIpc) is 3.27. The van der Waals surface area contributed by atoms with Crippen LogP contribution in [0.4, 0.5) is 4.79 Å². The molecule has 7 nitrogen and oxygen atoms in total. The van der Waals surface area contributed by atoms with Gasteiger partial charge < -0.3 is 19.7 Å². The van der Waals surface area contributed by atoms with E-state index in [0.29, 0.717) is 25.3 Å². The number of benzene rings is 2. The molecular weight excluding hydrogens is 462 g/mol. The molecule has 3 heterocycles. The fourth-order valence-electron chi connectivity index (χ4n) is 4.66. The first-order chi connectivity index (χ1) is 16.8. The minimum absolute atomic E-state index is 0.0683. The Bertz CT molecular complexity index is 1250. The Kier molecular flexibility index (Phi) is 6.40. The maximum Gasteiger partial charge on any atom is 0.410 e. The van der Waals surface area contributed by atoms with Crippen molar-refractivity contribution < 1.29 is 19.1 Å². The molecule has 1 aromatic heterocycles. The van der Waals surface area contributed by atoms with Crippen LogP contribution in [0.2, 0.25) is 0 Å². The number of rotatable bonds is 3. The van der Waals surface area contributed by atoms with Crippen molar-refractivity contribution in [2.45, 2.75) is 57.6 Å². The molecule has 2 atom stereocenters. The Labute approximate surface area is 209 Å². The topological polar surface area (TPSA) is 80.8 Å². The first-order valence-electron chi connectivity index (χ1n) is 12.2. The zero-order chi connectivity index (χ0) is 24.6. The quantitative estimate of drug-likeness (QED) is 0.509. The van der Waals surface area contributed by atoms with Gasteiger partial charge in [0.25, 0.3) is 5.91 Å². The smallest absolute Gasteiger partial charge is 0.410 e. The van der Waals surface area contributed by atoms with Crippen molar-refractivity contribution in [1.29, 1.82) is 0 Å². The minimum atomic E-state index is -0.510. The van der Waals surface area contributed by atoms with Crippen LogP contribution >= 0.6 is 11.3 Å². The maximum absolute atomic E-state index is 13.1. The fraction of sp³-hybridized carbons (Fsp3) is 0.444. The summed E-state index contributed by atoms with van der Waals surface area (Å²) in [4.78, 5) is 32.3. The Morgan fingerprint density at radius 3 is 2.83 bits per heavy atom. The van der Waals surface area contributed by atoms with E-state index in [1.807, 2.05) is 63.2 Å². The van der Waals surface area contributed by atoms with Gasteiger partial charge in [-0.3, -0.25) is 4.79 Å². The third-order valence-corrected chi connectivity index (χ3v) is 7.53. The van der Waals surface area contributed by atoms with Gasteiger partial charge in [-0.15, -0.1) is 11.3 Å². The van der Waals surface area contributed by atoms with E-state index < -0.39 is 5.60 Å². The van der Waals surface area contributed by atoms with Crippen LogP contribution in [0.15, 0.2) is 42.5 Å². The Hall–Kier alpha value is -3.13. The zero-order valence-electron chi connectivity index (χ0n) is 20.4. The van der Waals surface area contributed by atoms with Gasteiger partial charge in [0.1, 0.15) is 11.4 Å². The van der Waals surface area contributed by atoms with Crippen LogP contribution in [0.3, 0.4) is 0 Å². The number of piperidine rings is 1. The number of para-hydroxylation sites is 1. The lowest BCUT2D eigenvalue weighted by molar-refractivity contribution is 0.0198. The van der Waals surface area contributed by atoms with Gasteiger partial charge in [0.15, 0.2) is 0 Å². The molecule has 35 heavy (non-hydrogen) atoms. The van der Waals surface area contributed by atoms with Crippen molar-refractivity contribution in [3.8, 4) is 5.75 Å². The lowest BCUT2D eigenvalue weighted by atomic mass is 9.99. The number of nitrogens with zero attached hydrogens (tertiary/aromatic N) is 2. The monoisotopic (exact) mass is 493 g/mol. The Morgan fingerprint density at radius 2 is 2.00 bits per heavy atom. The molecule has 0 radical (unpaired) electrons. The number of ether oxygens (including phenoxy) is 2. The number of hydrogen-bond acceptors (Lipinski definition) is 6. The van der Waals surface area contributed by atoms with Crippen LogP contribution < -0.4 is 10.1 Å². The lowest BCUT2D eigenvalue weighted by Gasteiger charge is -2.33. The number of amides is 2. The summed E-state index contributed by atoms with van der Waals surface area (Å²) in [6, 6.07) is 13.4. The number of carbonyl (C=O) groups is 2. The average molecular weight is 494 g/mol. The zero-order valence-corrected chi connectivity index (χ0v) is 21.2. The molecule has 1 N–H and O–H groups in total. The predicted octanol–water partition coefficient (Wildman–Crippen LogP) is 5.66. The number of aromatic nitrogens is 1. The maximum atomic E-state index is 13.1. The number of hydrogen-bond donors (Lipinski definition) is 1. The molecule has 2 aromatic carbocycles. The van der Waals surface area contributed by atoms with Gasteiger partial charge in [-0.1, -0.05) is 18.2 Å². The van der Waals surface area contributed by atoms with Crippen molar-refractivity contribution in [2.75, 3.05) is 19.7 Å². The van der Waals surface area contributed by atoms with E-state index in [4.69, 9.17) is 14.5 Å². The van der Waals surface area contributed by atoms with E-state index >= 15 is 0 Å². The molecular formula is C27H31N3O4S. The molecule has 2 amide bonds. The normalized spacial score (nSPS) is 20.1. The van der Waals surface area contributed by atoms with E-state index in [9.17, 15) is 9.59 Å².